The van der Waals surface area contributed by atoms with E-state index in [1.807, 2.05) is 0 Å². The molecule has 0 atom stereocenters. The Bertz CT molecular complexity index is 524. The second-order valence-electron chi connectivity index (χ2n) is 4.33. The van der Waals surface area contributed by atoms with Gasteiger partial charge in [-0.15, -0.1) is 0 Å². The largest absolute Gasteiger partial charge is 0.402 e. The standard InChI is InChI=1S/C11H15F3N2O2S/c1-8(2)16(7-11(12,13)14)19(17,18)10-5-3-9(15)4-6-10/h3-6,8H,7,15H2,1-2H3. The van der Waals surface area contributed by atoms with Crippen molar-refractivity contribution in [2.45, 2.75) is 31.0 Å². The van der Waals surface area contributed by atoms with Crippen LogP contribution in [0.1, 0.15) is 13.8 Å². The van der Waals surface area contributed by atoms with Gasteiger partial charge >= 0.3 is 6.18 Å². The lowest BCUT2D eigenvalue weighted by Crippen LogP contribution is -2.43. The van der Waals surface area contributed by atoms with E-state index < -0.39 is 28.8 Å². The van der Waals surface area contributed by atoms with E-state index in [0.717, 1.165) is 0 Å². The number of anilines is 1. The smallest absolute Gasteiger partial charge is 0.399 e. The number of halogens is 3. The number of benzene rings is 1. The minimum absolute atomic E-state index is 0.209. The van der Waals surface area contributed by atoms with Crippen LogP contribution in [0.3, 0.4) is 0 Å². The van der Waals surface area contributed by atoms with E-state index in [9.17, 15) is 21.6 Å². The second-order valence-corrected chi connectivity index (χ2v) is 6.22. The summed E-state index contributed by atoms with van der Waals surface area (Å²) < 4.78 is 62.1. The maximum absolute atomic E-state index is 12.5. The molecule has 1 aromatic carbocycles. The number of sulfonamides is 1. The molecule has 2 N–H and O–H groups in total. The van der Waals surface area contributed by atoms with E-state index >= 15 is 0 Å². The third-order valence-corrected chi connectivity index (χ3v) is 4.43. The summed E-state index contributed by atoms with van der Waals surface area (Å²) in [7, 11) is -4.19. The minimum Gasteiger partial charge on any atom is -0.399 e. The molecule has 0 aliphatic heterocycles. The Morgan fingerprint density at radius 1 is 1.21 bits per heavy atom. The molecule has 0 aromatic heterocycles. The molecule has 0 fully saturated rings. The molecule has 0 saturated heterocycles. The topological polar surface area (TPSA) is 63.4 Å². The summed E-state index contributed by atoms with van der Waals surface area (Å²) in [5.74, 6) is 0. The van der Waals surface area contributed by atoms with Gasteiger partial charge in [0.1, 0.15) is 6.54 Å². The Morgan fingerprint density at radius 3 is 2.05 bits per heavy atom. The quantitative estimate of drug-likeness (QED) is 0.867. The summed E-state index contributed by atoms with van der Waals surface area (Å²) in [6.45, 7) is 1.26. The van der Waals surface area contributed by atoms with Crippen molar-refractivity contribution in [3.63, 3.8) is 0 Å². The lowest BCUT2D eigenvalue weighted by molar-refractivity contribution is -0.138. The zero-order valence-corrected chi connectivity index (χ0v) is 11.3. The number of hydrogen-bond acceptors (Lipinski definition) is 3. The summed E-state index contributed by atoms with van der Waals surface area (Å²) in [6.07, 6.45) is -4.59. The monoisotopic (exact) mass is 296 g/mol. The molecule has 0 aliphatic carbocycles. The van der Waals surface area contributed by atoms with Gasteiger partial charge in [0, 0.05) is 11.7 Å². The van der Waals surface area contributed by atoms with Crippen molar-refractivity contribution < 1.29 is 21.6 Å². The van der Waals surface area contributed by atoms with Gasteiger partial charge in [0.25, 0.3) is 0 Å². The van der Waals surface area contributed by atoms with Gasteiger partial charge in [-0.3, -0.25) is 0 Å². The summed E-state index contributed by atoms with van der Waals surface area (Å²) in [6, 6.07) is 4.24. The molecular weight excluding hydrogens is 281 g/mol. The summed E-state index contributed by atoms with van der Waals surface area (Å²) in [5.41, 5.74) is 5.76. The Kier molecular flexibility index (Phi) is 4.46. The van der Waals surface area contributed by atoms with E-state index in [1.165, 1.54) is 38.1 Å². The molecule has 108 valence electrons. The molecule has 0 unspecified atom stereocenters. The molecule has 0 aliphatic rings. The average Bonchev–Trinajstić information content (AvgIpc) is 2.25. The molecule has 19 heavy (non-hydrogen) atoms. The van der Waals surface area contributed by atoms with E-state index in [-0.39, 0.29) is 4.90 Å². The highest BCUT2D eigenvalue weighted by Gasteiger charge is 2.38. The first-order valence-electron chi connectivity index (χ1n) is 5.48. The molecule has 0 radical (unpaired) electrons. The summed E-state index contributed by atoms with van der Waals surface area (Å²) in [4.78, 5) is -0.209. The fourth-order valence-corrected chi connectivity index (χ4v) is 3.12. The van der Waals surface area contributed by atoms with Gasteiger partial charge in [-0.2, -0.15) is 17.5 Å². The third kappa shape index (κ3) is 4.10. The molecule has 1 rings (SSSR count). The van der Waals surface area contributed by atoms with Gasteiger partial charge in [0.2, 0.25) is 10.0 Å². The zero-order chi connectivity index (χ0) is 14.8. The fraction of sp³-hybridized carbons (Fsp3) is 0.455. The predicted molar refractivity (Wildman–Crippen MR) is 65.9 cm³/mol. The maximum atomic E-state index is 12.5. The zero-order valence-electron chi connectivity index (χ0n) is 10.5. The molecule has 0 bridgehead atoms. The lowest BCUT2D eigenvalue weighted by atomic mass is 10.3. The molecular formula is C11H15F3N2O2S. The van der Waals surface area contributed by atoms with Gasteiger partial charge in [-0.05, 0) is 38.1 Å². The Labute approximate surface area is 110 Å². The van der Waals surface area contributed by atoms with E-state index in [1.54, 1.807) is 0 Å². The molecule has 8 heteroatoms. The van der Waals surface area contributed by atoms with Crippen molar-refractivity contribution in [1.82, 2.24) is 4.31 Å². The van der Waals surface area contributed by atoms with Crippen molar-refractivity contribution in [3.8, 4) is 0 Å². The average molecular weight is 296 g/mol. The van der Waals surface area contributed by atoms with Crippen LogP contribution in [0.2, 0.25) is 0 Å². The van der Waals surface area contributed by atoms with Crippen LogP contribution in [0.4, 0.5) is 18.9 Å². The van der Waals surface area contributed by atoms with Crippen LogP contribution in [0.25, 0.3) is 0 Å². The minimum atomic E-state index is -4.59. The SMILES string of the molecule is CC(C)N(CC(F)(F)F)S(=O)(=O)c1ccc(N)cc1. The number of rotatable bonds is 4. The number of hydrogen-bond donors (Lipinski definition) is 1. The molecule has 0 amide bonds. The van der Waals surface area contributed by atoms with Gasteiger partial charge in [-0.25, -0.2) is 8.42 Å². The highest BCUT2D eigenvalue weighted by atomic mass is 32.2. The van der Waals surface area contributed by atoms with E-state index in [0.29, 0.717) is 9.99 Å². The van der Waals surface area contributed by atoms with Crippen molar-refractivity contribution in [3.05, 3.63) is 24.3 Å². The van der Waals surface area contributed by atoms with Crippen molar-refractivity contribution in [2.24, 2.45) is 0 Å². The van der Waals surface area contributed by atoms with Crippen molar-refractivity contribution in [1.29, 1.82) is 0 Å². The first kappa shape index (κ1) is 15.8. The van der Waals surface area contributed by atoms with E-state index in [4.69, 9.17) is 5.73 Å². The Balaban J connectivity index is 3.17. The highest BCUT2D eigenvalue weighted by molar-refractivity contribution is 7.89. The summed E-state index contributed by atoms with van der Waals surface area (Å²) >= 11 is 0. The van der Waals surface area contributed by atoms with E-state index in [2.05, 4.69) is 0 Å². The number of nitrogens with zero attached hydrogens (tertiary/aromatic N) is 1. The van der Waals surface area contributed by atoms with Gasteiger partial charge in [0.05, 0.1) is 4.90 Å². The second kappa shape index (κ2) is 5.38. The first-order valence-corrected chi connectivity index (χ1v) is 6.92. The van der Waals surface area contributed by atoms with Gasteiger partial charge in [0.15, 0.2) is 0 Å². The van der Waals surface area contributed by atoms with Crippen LogP contribution in [0.5, 0.6) is 0 Å². The number of nitrogens with two attached hydrogens (primary N) is 1. The normalized spacial score (nSPS) is 13.2. The summed E-state index contributed by atoms with van der Waals surface area (Å²) in [5, 5.41) is 0. The molecule has 0 saturated carbocycles. The van der Waals surface area contributed by atoms with Gasteiger partial charge in [-0.1, -0.05) is 0 Å². The number of nitrogen functional groups attached to an aromatic ring is 1. The predicted octanol–water partition coefficient (Wildman–Crippen LogP) is 2.23. The van der Waals surface area contributed by atoms with Crippen LogP contribution in [0.15, 0.2) is 29.2 Å². The van der Waals surface area contributed by atoms with Crippen LogP contribution >= 0.6 is 0 Å². The maximum Gasteiger partial charge on any atom is 0.402 e. The third-order valence-electron chi connectivity index (χ3n) is 2.40. The van der Waals surface area contributed by atoms with Gasteiger partial charge < -0.3 is 5.73 Å². The van der Waals surface area contributed by atoms with Crippen LogP contribution in [0, 0.1) is 0 Å². The van der Waals surface area contributed by atoms with Crippen LogP contribution in [-0.2, 0) is 10.0 Å². The Morgan fingerprint density at radius 2 is 1.68 bits per heavy atom. The first-order chi connectivity index (χ1) is 8.54. The molecule has 0 spiro atoms. The Hall–Kier alpha value is -1.28. The highest BCUT2D eigenvalue weighted by Crippen LogP contribution is 2.25. The fourth-order valence-electron chi connectivity index (χ4n) is 1.50. The van der Waals surface area contributed by atoms with Crippen LogP contribution < -0.4 is 5.73 Å². The lowest BCUT2D eigenvalue weighted by Gasteiger charge is -2.26. The van der Waals surface area contributed by atoms with Crippen molar-refractivity contribution in [2.75, 3.05) is 12.3 Å². The molecule has 0 heterocycles. The number of alkyl halides is 3. The van der Waals surface area contributed by atoms with Crippen LogP contribution in [-0.4, -0.2) is 31.5 Å². The molecule has 1 aromatic rings. The van der Waals surface area contributed by atoms with Crippen molar-refractivity contribution >= 4 is 15.7 Å². The molecule has 4 nitrogen and oxygen atoms in total.